The summed E-state index contributed by atoms with van der Waals surface area (Å²) in [6.45, 7) is 0. The van der Waals surface area contributed by atoms with E-state index < -0.39 is 11.2 Å². The van der Waals surface area contributed by atoms with Crippen LogP contribution in [0.15, 0.2) is 15.9 Å². The molecule has 15 heavy (non-hydrogen) atoms. The second kappa shape index (κ2) is 6.06. The number of imidazole rings is 1. The van der Waals surface area contributed by atoms with E-state index in [4.69, 9.17) is 0 Å². The van der Waals surface area contributed by atoms with Gasteiger partial charge in [-0.05, 0) is 0 Å². The first-order valence-electron chi connectivity index (χ1n) is 3.66. The van der Waals surface area contributed by atoms with E-state index in [0.29, 0.717) is 20.6 Å². The van der Waals surface area contributed by atoms with Gasteiger partial charge in [-0.25, -0.2) is 9.78 Å². The molecule has 9 heteroatoms. The molecule has 0 radical (unpaired) electrons. The summed E-state index contributed by atoms with van der Waals surface area (Å²) in [6.07, 6.45) is 1.37. The molecule has 0 fully saturated rings. The number of nitrogens with one attached hydrogen (secondary N) is 2. The monoisotopic (exact) mass is 471 g/mol. The molecular formula is C6H6I2N4O2V. The van der Waals surface area contributed by atoms with E-state index in [1.54, 1.807) is 7.05 Å². The zero-order valence-electron chi connectivity index (χ0n) is 7.49. The van der Waals surface area contributed by atoms with Gasteiger partial charge in [0.2, 0.25) is 0 Å². The van der Waals surface area contributed by atoms with Crippen molar-refractivity contribution in [3.05, 3.63) is 27.2 Å². The van der Waals surface area contributed by atoms with Crippen LogP contribution in [0.3, 0.4) is 0 Å². The molecule has 0 saturated carbocycles. The minimum atomic E-state index is -0.459. The number of aromatic nitrogens is 4. The van der Waals surface area contributed by atoms with E-state index >= 15 is 0 Å². The Labute approximate surface area is 113 Å². The molecule has 2 N–H and O–H groups in total. The van der Waals surface area contributed by atoms with Gasteiger partial charge in [-0.3, -0.25) is 14.3 Å². The molecule has 0 aliphatic heterocycles. The molecule has 2 rings (SSSR count). The molecule has 0 bridgehead atoms. The SMILES string of the molecule is Cn1c(=O)[nH]c(=O)c2[nH]cnc21.[I][V][I]. The molecular weight excluding hydrogens is 465 g/mol. The maximum atomic E-state index is 11.1. The Morgan fingerprint density at radius 1 is 1.47 bits per heavy atom. The molecule has 2 heterocycles. The number of aryl methyl sites for hydroxylation is 1. The summed E-state index contributed by atoms with van der Waals surface area (Å²) >= 11 is 4.74. The number of hydrogen-bond donors (Lipinski definition) is 2. The van der Waals surface area contributed by atoms with Crippen LogP contribution in [0, 0.1) is 0 Å². The summed E-state index contributed by atoms with van der Waals surface area (Å²) in [5, 5.41) is 0. The van der Waals surface area contributed by atoms with Crippen LogP contribution in [-0.2, 0) is 16.5 Å². The third-order valence-electron chi connectivity index (χ3n) is 1.69. The van der Waals surface area contributed by atoms with E-state index in [9.17, 15) is 9.59 Å². The molecule has 6 nitrogen and oxygen atoms in total. The quantitative estimate of drug-likeness (QED) is 0.557. The molecule has 0 spiro atoms. The van der Waals surface area contributed by atoms with Crippen molar-refractivity contribution in [2.75, 3.05) is 0 Å². The summed E-state index contributed by atoms with van der Waals surface area (Å²) < 4.78 is 1.27. The van der Waals surface area contributed by atoms with Crippen molar-refractivity contribution in [1.82, 2.24) is 19.5 Å². The normalized spacial score (nSPS) is 9.53. The van der Waals surface area contributed by atoms with Crippen LogP contribution in [0.2, 0.25) is 0 Å². The molecule has 0 unspecified atom stereocenters. The molecule has 2 aromatic rings. The predicted octanol–water partition coefficient (Wildman–Crippen LogP) is 0.719. The fraction of sp³-hybridized carbons (Fsp3) is 0.167. The fourth-order valence-electron chi connectivity index (χ4n) is 1.05. The van der Waals surface area contributed by atoms with Crippen LogP contribution >= 0.6 is 40.0 Å². The van der Waals surface area contributed by atoms with Gasteiger partial charge in [-0.15, -0.1) is 0 Å². The van der Waals surface area contributed by atoms with Crippen LogP contribution < -0.4 is 11.2 Å². The summed E-state index contributed by atoms with van der Waals surface area (Å²) in [5.74, 6) is 0. The van der Waals surface area contributed by atoms with Gasteiger partial charge in [0, 0.05) is 7.05 Å². The summed E-state index contributed by atoms with van der Waals surface area (Å²) in [6, 6.07) is 0. The van der Waals surface area contributed by atoms with Crippen molar-refractivity contribution in [2.45, 2.75) is 0 Å². The molecule has 0 atom stereocenters. The number of aromatic amines is 2. The van der Waals surface area contributed by atoms with Crippen LogP contribution in [-0.4, -0.2) is 19.5 Å². The van der Waals surface area contributed by atoms with Gasteiger partial charge in [-0.1, -0.05) is 0 Å². The second-order valence-electron chi connectivity index (χ2n) is 2.48. The third-order valence-corrected chi connectivity index (χ3v) is 1.69. The Morgan fingerprint density at radius 2 is 2.07 bits per heavy atom. The standard InChI is InChI=1S/C6H6N4O2.2HI.V/c1-10-4-3(7-2-8-4)5(11)9-6(10)12;;;/h2H,1H3,(H,7,8)(H,9,11,12);2*1H;/q;;;+2/p-2. The van der Waals surface area contributed by atoms with E-state index in [1.807, 2.05) is 0 Å². The molecule has 0 saturated heterocycles. The van der Waals surface area contributed by atoms with Crippen molar-refractivity contribution in [3.8, 4) is 0 Å². The predicted molar refractivity (Wildman–Crippen MR) is 70.0 cm³/mol. The zero-order chi connectivity index (χ0) is 11.4. The minimum absolute atomic E-state index is 0.317. The molecule has 0 aromatic carbocycles. The van der Waals surface area contributed by atoms with Gasteiger partial charge < -0.3 is 4.98 Å². The first-order chi connectivity index (χ1) is 7.11. The fourth-order valence-corrected chi connectivity index (χ4v) is 1.05. The van der Waals surface area contributed by atoms with Crippen LogP contribution in [0.5, 0.6) is 0 Å². The Balaban J connectivity index is 0.000000337. The first-order valence-corrected chi connectivity index (χ1v) is 12.7. The van der Waals surface area contributed by atoms with E-state index in [-0.39, 0.29) is 0 Å². The van der Waals surface area contributed by atoms with Gasteiger partial charge in [0.05, 0.1) is 6.33 Å². The summed E-state index contributed by atoms with van der Waals surface area (Å²) in [4.78, 5) is 30.7. The molecule has 81 valence electrons. The summed E-state index contributed by atoms with van der Waals surface area (Å²) in [5.41, 5.74) is -0.217. The molecule has 2 aromatic heterocycles. The Morgan fingerprint density at radius 3 is 2.67 bits per heavy atom. The Bertz CT molecular complexity index is 560. The van der Waals surface area contributed by atoms with Crippen molar-refractivity contribution in [1.29, 1.82) is 0 Å². The van der Waals surface area contributed by atoms with Gasteiger partial charge in [0.1, 0.15) is 5.52 Å². The van der Waals surface area contributed by atoms with Crippen molar-refractivity contribution >= 4 is 51.1 Å². The third kappa shape index (κ3) is 3.08. The van der Waals surface area contributed by atoms with Crippen LogP contribution in [0.1, 0.15) is 0 Å². The number of H-pyrrole nitrogens is 2. The number of rotatable bonds is 0. The Hall–Kier alpha value is 0.194. The van der Waals surface area contributed by atoms with Crippen LogP contribution in [0.4, 0.5) is 0 Å². The van der Waals surface area contributed by atoms with Crippen molar-refractivity contribution in [2.24, 2.45) is 7.05 Å². The zero-order valence-corrected chi connectivity index (χ0v) is 13.2. The Kier molecular flexibility index (Phi) is 5.36. The topological polar surface area (TPSA) is 83.5 Å². The molecule has 0 amide bonds. The van der Waals surface area contributed by atoms with Crippen molar-refractivity contribution < 1.29 is 9.47 Å². The van der Waals surface area contributed by atoms with Gasteiger partial charge in [-0.2, -0.15) is 0 Å². The number of hydrogen-bond acceptors (Lipinski definition) is 3. The average Bonchev–Trinajstić information content (AvgIpc) is 2.64. The second-order valence-corrected chi connectivity index (χ2v) is 14.3. The van der Waals surface area contributed by atoms with E-state index in [1.165, 1.54) is 10.9 Å². The van der Waals surface area contributed by atoms with Crippen molar-refractivity contribution in [3.63, 3.8) is 0 Å². The van der Waals surface area contributed by atoms with Gasteiger partial charge in [0.25, 0.3) is 5.56 Å². The van der Waals surface area contributed by atoms with Gasteiger partial charge in [0.15, 0.2) is 5.65 Å². The number of fused-ring (bicyclic) bond motifs is 1. The average molecular weight is 471 g/mol. The first kappa shape index (κ1) is 13.3. The molecule has 0 aliphatic carbocycles. The summed E-state index contributed by atoms with van der Waals surface area (Å²) in [7, 11) is 2.17. The molecule has 0 aliphatic rings. The maximum absolute atomic E-state index is 11.1. The van der Waals surface area contributed by atoms with E-state index in [2.05, 4.69) is 54.9 Å². The number of nitrogens with zero attached hydrogens (tertiary/aromatic N) is 2. The van der Waals surface area contributed by atoms with Gasteiger partial charge >= 0.3 is 55.1 Å². The van der Waals surface area contributed by atoms with E-state index in [0.717, 1.165) is 0 Å². The number of halogens is 2. The van der Waals surface area contributed by atoms with Crippen LogP contribution in [0.25, 0.3) is 11.2 Å².